The van der Waals surface area contributed by atoms with Crippen molar-refractivity contribution in [1.29, 1.82) is 0 Å². The van der Waals surface area contributed by atoms with E-state index in [4.69, 9.17) is 5.73 Å². The minimum atomic E-state index is 0.400. The van der Waals surface area contributed by atoms with Crippen LogP contribution in [0.5, 0.6) is 0 Å². The van der Waals surface area contributed by atoms with Gasteiger partial charge in [-0.2, -0.15) is 5.10 Å². The molecule has 4 heteroatoms. The Kier molecular flexibility index (Phi) is 6.69. The number of hydrazone groups is 1. The number of hydrogen-bond acceptors (Lipinski definition) is 3. The number of nitrogens with zero attached hydrogens (tertiary/aromatic N) is 2. The van der Waals surface area contributed by atoms with Crippen molar-refractivity contribution in [3.63, 3.8) is 0 Å². The average molecular weight is 415 g/mol. The highest BCUT2D eigenvalue weighted by Crippen LogP contribution is 2.27. The predicted octanol–water partition coefficient (Wildman–Crippen LogP) is 6.07. The quantitative estimate of drug-likeness (QED) is 0.203. The maximum atomic E-state index is 6.39. The van der Waals surface area contributed by atoms with E-state index in [-0.39, 0.29) is 0 Å². The van der Waals surface area contributed by atoms with Gasteiger partial charge in [0.2, 0.25) is 0 Å². The van der Waals surface area contributed by atoms with Crippen LogP contribution in [0.15, 0.2) is 72.1 Å². The van der Waals surface area contributed by atoms with Crippen LogP contribution in [0.2, 0.25) is 0 Å². The van der Waals surface area contributed by atoms with Crippen LogP contribution in [0.4, 0.5) is 5.69 Å². The van der Waals surface area contributed by atoms with E-state index in [1.54, 1.807) is 0 Å². The van der Waals surface area contributed by atoms with Gasteiger partial charge in [-0.15, -0.1) is 0 Å². The molecule has 3 N–H and O–H groups in total. The summed E-state index contributed by atoms with van der Waals surface area (Å²) in [5.41, 5.74) is 19.0. The number of fused-ring (bicyclic) bond motifs is 1. The first kappa shape index (κ1) is 22.4. The molecule has 2 aromatic carbocycles. The fourth-order valence-corrected chi connectivity index (χ4v) is 3.96. The van der Waals surface area contributed by atoms with Gasteiger partial charge in [-0.3, -0.25) is 5.43 Å². The van der Waals surface area contributed by atoms with Crippen LogP contribution in [0.25, 0.3) is 10.9 Å². The third kappa shape index (κ3) is 5.26. The molecule has 4 nitrogen and oxygen atoms in total. The summed E-state index contributed by atoms with van der Waals surface area (Å²) >= 11 is 0. The van der Waals surface area contributed by atoms with Gasteiger partial charge >= 0.3 is 0 Å². The highest BCUT2D eigenvalue weighted by atomic mass is 15.3. The van der Waals surface area contributed by atoms with Crippen LogP contribution in [0, 0.1) is 0 Å². The molecule has 0 amide bonds. The van der Waals surface area contributed by atoms with Crippen LogP contribution in [-0.2, 0) is 19.9 Å². The topological polar surface area (TPSA) is 55.3 Å². The minimum absolute atomic E-state index is 0.400. The minimum Gasteiger partial charge on any atom is -0.398 e. The summed E-state index contributed by atoms with van der Waals surface area (Å²) in [6.45, 7) is 16.6. The third-order valence-electron chi connectivity index (χ3n) is 5.56. The fourth-order valence-electron chi connectivity index (χ4n) is 3.96. The van der Waals surface area contributed by atoms with Gasteiger partial charge in [-0.05, 0) is 78.6 Å². The zero-order valence-electron chi connectivity index (χ0n) is 19.4. The summed E-state index contributed by atoms with van der Waals surface area (Å²) < 4.78 is 2.12. The van der Waals surface area contributed by atoms with E-state index in [1.807, 2.05) is 13.8 Å². The van der Waals surface area contributed by atoms with Crippen molar-refractivity contribution >= 4 is 22.3 Å². The van der Waals surface area contributed by atoms with Crippen molar-refractivity contribution in [3.8, 4) is 0 Å². The van der Waals surface area contributed by atoms with Crippen molar-refractivity contribution in [1.82, 2.24) is 9.99 Å². The molecule has 3 aromatic rings. The molecular weight excluding hydrogens is 380 g/mol. The number of rotatable bonds is 8. The standard InChI is InChI=1S/C27H34N4/c1-17(2)12-23-15-26(28)25(16-24(23)18(3)4)20(6)30-29-19(5)13-21-8-9-27-22(14-21)10-11-31(27)7/h8-11,14-16,18,29H,1,5,12-13,28H2,2-4,6-7H3/b30-20+. The number of hydrogen-bond donors (Lipinski definition) is 2. The molecule has 0 fully saturated rings. The van der Waals surface area contributed by atoms with Crippen LogP contribution in [-0.4, -0.2) is 10.3 Å². The first-order chi connectivity index (χ1) is 14.7. The molecule has 3 rings (SSSR count). The van der Waals surface area contributed by atoms with Gasteiger partial charge in [0, 0.05) is 42.1 Å². The van der Waals surface area contributed by atoms with Gasteiger partial charge in [0.1, 0.15) is 0 Å². The second kappa shape index (κ2) is 9.25. The molecule has 0 unspecified atom stereocenters. The maximum Gasteiger partial charge on any atom is 0.0669 e. The Morgan fingerprint density at radius 3 is 2.52 bits per heavy atom. The van der Waals surface area contributed by atoms with Crippen molar-refractivity contribution in [2.75, 3.05) is 5.73 Å². The van der Waals surface area contributed by atoms with Gasteiger partial charge in [-0.1, -0.05) is 38.6 Å². The second-order valence-electron chi connectivity index (χ2n) is 8.84. The van der Waals surface area contributed by atoms with E-state index in [9.17, 15) is 0 Å². The molecule has 0 aliphatic heterocycles. The fraction of sp³-hybridized carbons (Fsp3) is 0.296. The van der Waals surface area contributed by atoms with Crippen LogP contribution >= 0.6 is 0 Å². The molecule has 0 aliphatic rings. The maximum absolute atomic E-state index is 6.39. The molecule has 0 radical (unpaired) electrons. The van der Waals surface area contributed by atoms with Crippen molar-refractivity contribution in [2.24, 2.45) is 12.1 Å². The molecule has 31 heavy (non-hydrogen) atoms. The lowest BCUT2D eigenvalue weighted by molar-refractivity contribution is 0.842. The van der Waals surface area contributed by atoms with E-state index in [0.29, 0.717) is 12.3 Å². The normalized spacial score (nSPS) is 11.9. The second-order valence-corrected chi connectivity index (χ2v) is 8.84. The third-order valence-corrected chi connectivity index (χ3v) is 5.56. The Labute approximate surface area is 186 Å². The molecule has 0 saturated carbocycles. The zero-order chi connectivity index (χ0) is 22.7. The summed E-state index contributed by atoms with van der Waals surface area (Å²) in [4.78, 5) is 0. The largest absolute Gasteiger partial charge is 0.398 e. The first-order valence-electron chi connectivity index (χ1n) is 10.7. The number of nitrogen functional groups attached to an aromatic ring is 1. The monoisotopic (exact) mass is 414 g/mol. The highest BCUT2D eigenvalue weighted by molar-refractivity contribution is 6.03. The molecule has 1 aromatic heterocycles. The lowest BCUT2D eigenvalue weighted by Gasteiger charge is -2.17. The zero-order valence-corrected chi connectivity index (χ0v) is 19.4. The Hall–Kier alpha value is -3.27. The number of nitrogens with one attached hydrogen (secondary N) is 1. The molecule has 0 saturated heterocycles. The van der Waals surface area contributed by atoms with Crippen LogP contribution in [0.1, 0.15) is 55.9 Å². The molecule has 0 atom stereocenters. The first-order valence-corrected chi connectivity index (χ1v) is 10.7. The van der Waals surface area contributed by atoms with Crippen LogP contribution < -0.4 is 11.2 Å². The number of aromatic nitrogens is 1. The van der Waals surface area contributed by atoms with Gasteiger partial charge in [-0.25, -0.2) is 0 Å². The van der Waals surface area contributed by atoms with E-state index >= 15 is 0 Å². The summed E-state index contributed by atoms with van der Waals surface area (Å²) in [5, 5.41) is 5.81. The Bertz CT molecular complexity index is 1160. The Morgan fingerprint density at radius 1 is 1.10 bits per heavy atom. The Balaban J connectivity index is 1.76. The number of nitrogens with two attached hydrogens (primary N) is 1. The number of allylic oxidation sites excluding steroid dienone is 2. The summed E-state index contributed by atoms with van der Waals surface area (Å²) in [7, 11) is 2.06. The summed E-state index contributed by atoms with van der Waals surface area (Å²) in [5.74, 6) is 0.400. The lowest BCUT2D eigenvalue weighted by atomic mass is 9.90. The highest BCUT2D eigenvalue weighted by Gasteiger charge is 2.13. The molecule has 0 aliphatic carbocycles. The average Bonchev–Trinajstić information content (AvgIpc) is 3.05. The van der Waals surface area contributed by atoms with Crippen molar-refractivity contribution in [3.05, 3.63) is 89.3 Å². The number of anilines is 1. The number of aryl methyl sites for hydroxylation is 1. The summed E-state index contributed by atoms with van der Waals surface area (Å²) in [6, 6.07) is 12.9. The molecule has 162 valence electrons. The van der Waals surface area contributed by atoms with Crippen molar-refractivity contribution in [2.45, 2.75) is 46.5 Å². The SMILES string of the molecule is C=C(C)Cc1cc(N)c(/C(C)=N/NC(=C)Cc2ccc3c(ccn3C)c2)cc1C(C)C. The van der Waals surface area contributed by atoms with Gasteiger partial charge < -0.3 is 10.3 Å². The molecule has 1 heterocycles. The van der Waals surface area contributed by atoms with Crippen molar-refractivity contribution < 1.29 is 0 Å². The van der Waals surface area contributed by atoms with E-state index in [0.717, 1.165) is 34.7 Å². The smallest absolute Gasteiger partial charge is 0.0669 e. The summed E-state index contributed by atoms with van der Waals surface area (Å²) in [6.07, 6.45) is 3.63. The van der Waals surface area contributed by atoms with E-state index in [2.05, 4.69) is 91.7 Å². The molecule has 0 spiro atoms. The van der Waals surface area contributed by atoms with E-state index < -0.39 is 0 Å². The van der Waals surface area contributed by atoms with Gasteiger partial charge in [0.05, 0.1) is 5.71 Å². The van der Waals surface area contributed by atoms with E-state index in [1.165, 1.54) is 27.6 Å². The number of benzene rings is 2. The lowest BCUT2D eigenvalue weighted by Crippen LogP contribution is -2.13. The van der Waals surface area contributed by atoms with Gasteiger partial charge in [0.25, 0.3) is 0 Å². The van der Waals surface area contributed by atoms with Gasteiger partial charge in [0.15, 0.2) is 0 Å². The molecule has 0 bridgehead atoms. The molecular formula is C27H34N4. The van der Waals surface area contributed by atoms with Crippen LogP contribution in [0.3, 0.4) is 0 Å². The predicted molar refractivity (Wildman–Crippen MR) is 135 cm³/mol. The Morgan fingerprint density at radius 2 is 1.84 bits per heavy atom.